The first-order chi connectivity index (χ1) is 3.79. The Bertz CT molecular complexity index is 150. The van der Waals surface area contributed by atoms with Crippen LogP contribution in [0.1, 0.15) is 13.8 Å². The van der Waals surface area contributed by atoms with E-state index in [9.17, 15) is 0 Å². The van der Waals surface area contributed by atoms with Gasteiger partial charge in [-0.05, 0) is 0 Å². The van der Waals surface area contributed by atoms with Gasteiger partial charge in [0.15, 0.2) is 0 Å². The fourth-order valence-electron chi connectivity index (χ4n) is 1.44. The van der Waals surface area contributed by atoms with Gasteiger partial charge in [0.1, 0.15) is 0 Å². The summed E-state index contributed by atoms with van der Waals surface area (Å²) in [4.78, 5) is 2.41. The molecule has 3 rings (SSSR count). The molecule has 0 aliphatic carbocycles. The monoisotopic (exact) mass is 111 g/mol. The quantitative estimate of drug-likeness (QED) is 0.441. The van der Waals surface area contributed by atoms with Crippen LogP contribution >= 0.6 is 0 Å². The lowest BCUT2D eigenvalue weighted by Crippen LogP contribution is -2.70. The van der Waals surface area contributed by atoms with Crippen LogP contribution in [0.4, 0.5) is 0 Å². The van der Waals surface area contributed by atoms with E-state index in [0.29, 0.717) is 0 Å². The highest BCUT2D eigenvalue weighted by molar-refractivity contribution is 5.83. The van der Waals surface area contributed by atoms with Crippen LogP contribution in [-0.2, 0) is 0 Å². The zero-order valence-electron chi connectivity index (χ0n) is 5.39. The molecule has 8 heavy (non-hydrogen) atoms. The zero-order chi connectivity index (χ0) is 5.72. The summed E-state index contributed by atoms with van der Waals surface area (Å²) in [5, 5.41) is 0. The Morgan fingerprint density at radius 2 is 2.00 bits per heavy atom. The molecule has 2 nitrogen and oxygen atoms in total. The number of amidine groups is 1. The van der Waals surface area contributed by atoms with E-state index in [1.54, 1.807) is 5.84 Å². The van der Waals surface area contributed by atoms with Gasteiger partial charge in [-0.1, -0.05) is 13.8 Å². The first-order valence-electron chi connectivity index (χ1n) is 3.16. The van der Waals surface area contributed by atoms with E-state index >= 15 is 0 Å². The van der Waals surface area contributed by atoms with Gasteiger partial charge in [-0.25, -0.2) is 0 Å². The van der Waals surface area contributed by atoms with Crippen molar-refractivity contribution in [2.45, 2.75) is 13.8 Å². The number of rotatable bonds is 1. The summed E-state index contributed by atoms with van der Waals surface area (Å²) in [6.45, 7) is 6.89. The van der Waals surface area contributed by atoms with Crippen LogP contribution < -0.4 is 0 Å². The molecule has 3 aliphatic heterocycles. The maximum absolute atomic E-state index is 2.41. The molecule has 1 fully saturated rings. The molecule has 0 spiro atoms. The Kier molecular flexibility index (Phi) is 0.581. The molecule has 2 bridgehead atoms. The highest BCUT2D eigenvalue weighted by atomic mass is 15.6. The van der Waals surface area contributed by atoms with Crippen molar-refractivity contribution >= 4 is 5.84 Å². The fourth-order valence-corrected chi connectivity index (χ4v) is 1.44. The molecule has 0 aromatic carbocycles. The lowest BCUT2D eigenvalue weighted by Gasteiger charge is -2.41. The second kappa shape index (κ2) is 1.07. The minimum atomic E-state index is 0.748. The molecule has 44 valence electrons. The van der Waals surface area contributed by atoms with Crippen LogP contribution in [0.5, 0.6) is 0 Å². The molecule has 0 radical (unpaired) electrons. The van der Waals surface area contributed by atoms with E-state index in [1.165, 1.54) is 13.3 Å². The average molecular weight is 111 g/mol. The molecule has 3 aliphatic rings. The molecular formula is C6H11N2+. The van der Waals surface area contributed by atoms with Crippen molar-refractivity contribution in [2.24, 2.45) is 5.92 Å². The molecule has 0 atom stereocenters. The van der Waals surface area contributed by atoms with E-state index in [0.717, 1.165) is 5.92 Å². The highest BCUT2D eigenvalue weighted by Gasteiger charge is 2.49. The molecule has 2 heteroatoms. The highest BCUT2D eigenvalue weighted by Crippen LogP contribution is 2.21. The Balaban J connectivity index is 2.20. The Morgan fingerprint density at radius 3 is 2.00 bits per heavy atom. The lowest BCUT2D eigenvalue weighted by atomic mass is 10.1. The average Bonchev–Trinajstić information content (AvgIpc) is 1.14. The topological polar surface area (TPSA) is 6.25 Å². The van der Waals surface area contributed by atoms with Crippen LogP contribution in [0, 0.1) is 5.92 Å². The first kappa shape index (κ1) is 4.36. The van der Waals surface area contributed by atoms with Crippen molar-refractivity contribution in [3.05, 3.63) is 0 Å². The second-order valence-electron chi connectivity index (χ2n) is 2.88. The van der Waals surface area contributed by atoms with Crippen LogP contribution in [0.3, 0.4) is 0 Å². The normalized spacial score (nSPS) is 23.6. The van der Waals surface area contributed by atoms with Gasteiger partial charge < -0.3 is 0 Å². The van der Waals surface area contributed by atoms with Gasteiger partial charge in [0.05, 0.1) is 5.92 Å². The molecule has 0 unspecified atom stereocenters. The van der Waals surface area contributed by atoms with E-state index in [-0.39, 0.29) is 0 Å². The van der Waals surface area contributed by atoms with Crippen molar-refractivity contribution in [3.63, 3.8) is 0 Å². The zero-order valence-corrected chi connectivity index (χ0v) is 5.39. The Hall–Kier alpha value is -0.530. The van der Waals surface area contributed by atoms with Crippen molar-refractivity contribution in [1.29, 1.82) is 0 Å². The summed E-state index contributed by atoms with van der Waals surface area (Å²) in [5.74, 6) is 2.29. The van der Waals surface area contributed by atoms with Gasteiger partial charge in [-0.15, -0.1) is 0 Å². The maximum Gasteiger partial charge on any atom is 0.262 e. The van der Waals surface area contributed by atoms with E-state index in [2.05, 4.69) is 23.3 Å². The number of hydrogen-bond donors (Lipinski definition) is 0. The summed E-state index contributed by atoms with van der Waals surface area (Å²) in [7, 11) is 0. The van der Waals surface area contributed by atoms with Crippen molar-refractivity contribution in [2.75, 3.05) is 13.3 Å². The van der Waals surface area contributed by atoms with Crippen LogP contribution in [0.25, 0.3) is 0 Å². The van der Waals surface area contributed by atoms with Crippen molar-refractivity contribution < 1.29 is 4.58 Å². The van der Waals surface area contributed by atoms with Gasteiger partial charge in [-0.2, -0.15) is 9.48 Å². The van der Waals surface area contributed by atoms with Gasteiger partial charge in [0.25, 0.3) is 5.84 Å². The minimum absolute atomic E-state index is 0.748. The summed E-state index contributed by atoms with van der Waals surface area (Å²) >= 11 is 0. The third-order valence-electron chi connectivity index (χ3n) is 1.85. The predicted molar refractivity (Wildman–Crippen MR) is 31.7 cm³/mol. The smallest absolute Gasteiger partial charge is 0.189 e. The van der Waals surface area contributed by atoms with Gasteiger partial charge in [0, 0.05) is 0 Å². The molecule has 0 amide bonds. The number of hydrogen-bond acceptors (Lipinski definition) is 1. The third kappa shape index (κ3) is 0.288. The van der Waals surface area contributed by atoms with Crippen LogP contribution in [0.15, 0.2) is 0 Å². The maximum atomic E-state index is 2.41. The SMILES string of the molecule is CC(C)C1=[N+]2CN1C2. The number of nitrogens with zero attached hydrogens (tertiary/aromatic N) is 2. The van der Waals surface area contributed by atoms with E-state index in [4.69, 9.17) is 0 Å². The molecule has 3 heterocycles. The molecule has 0 saturated carbocycles. The van der Waals surface area contributed by atoms with Crippen LogP contribution in [-0.4, -0.2) is 28.6 Å². The molecule has 1 saturated heterocycles. The van der Waals surface area contributed by atoms with Gasteiger partial charge >= 0.3 is 0 Å². The summed E-state index contributed by atoms with van der Waals surface area (Å²) in [6.07, 6.45) is 0. The molecular weight excluding hydrogens is 100 g/mol. The van der Waals surface area contributed by atoms with Crippen molar-refractivity contribution in [1.82, 2.24) is 4.90 Å². The molecule has 0 aromatic rings. The Morgan fingerprint density at radius 1 is 1.50 bits per heavy atom. The third-order valence-corrected chi connectivity index (χ3v) is 1.85. The lowest BCUT2D eigenvalue weighted by molar-refractivity contribution is -0.699. The van der Waals surface area contributed by atoms with Crippen molar-refractivity contribution in [3.8, 4) is 0 Å². The standard InChI is InChI=1S/C6H11N2/c1-5(2)6-7-3-8(6)4-7/h5H,3-4H2,1-2H3/q+1. The van der Waals surface area contributed by atoms with E-state index < -0.39 is 0 Å². The summed E-state index contributed by atoms with van der Waals surface area (Å²) in [5.41, 5.74) is 0. The fraction of sp³-hybridized carbons (Fsp3) is 0.833. The second-order valence-corrected chi connectivity index (χ2v) is 2.88. The van der Waals surface area contributed by atoms with Gasteiger partial charge in [-0.3, -0.25) is 0 Å². The first-order valence-corrected chi connectivity index (χ1v) is 3.16. The van der Waals surface area contributed by atoms with E-state index in [1.807, 2.05) is 0 Å². The molecule has 0 N–H and O–H groups in total. The summed E-state index contributed by atoms with van der Waals surface area (Å²) < 4.78 is 2.41. The van der Waals surface area contributed by atoms with Crippen LogP contribution in [0.2, 0.25) is 0 Å². The summed E-state index contributed by atoms with van der Waals surface area (Å²) in [6, 6.07) is 0. The largest absolute Gasteiger partial charge is 0.262 e. The van der Waals surface area contributed by atoms with Gasteiger partial charge in [0.2, 0.25) is 13.3 Å². The molecule has 0 aromatic heterocycles. The predicted octanol–water partition coefficient (Wildman–Crippen LogP) is 0.298. The minimum Gasteiger partial charge on any atom is -0.189 e. The Labute approximate surface area is 49.4 Å².